The normalized spacial score (nSPS) is 14.4. The number of halogens is 6. The molecule has 0 unspecified atom stereocenters. The van der Waals surface area contributed by atoms with Crippen molar-refractivity contribution in [2.45, 2.75) is 18.3 Å². The van der Waals surface area contributed by atoms with E-state index in [9.17, 15) is 18.3 Å². The highest BCUT2D eigenvalue weighted by molar-refractivity contribution is 9.13. The minimum Gasteiger partial charge on any atom is -0.503 e. The maximum absolute atomic E-state index is 12.4. The van der Waals surface area contributed by atoms with E-state index in [0.717, 1.165) is 6.07 Å². The fourth-order valence-electron chi connectivity index (χ4n) is 1.38. The lowest BCUT2D eigenvalue weighted by molar-refractivity contribution is -0.210. The molecule has 0 bridgehead atoms. The Kier molecular flexibility index (Phi) is 7.09. The van der Waals surface area contributed by atoms with Gasteiger partial charge in [0.1, 0.15) is 0 Å². The molecule has 0 aliphatic carbocycles. The summed E-state index contributed by atoms with van der Waals surface area (Å²) in [5, 5.41) is 18.8. The van der Waals surface area contributed by atoms with E-state index in [1.807, 2.05) is 0 Å². The van der Waals surface area contributed by atoms with Gasteiger partial charge < -0.3 is 20.7 Å². The van der Waals surface area contributed by atoms with E-state index in [-0.39, 0.29) is 38.4 Å². The van der Waals surface area contributed by atoms with Crippen molar-refractivity contribution in [3.63, 3.8) is 0 Å². The molecule has 10 heteroatoms. The van der Waals surface area contributed by atoms with Crippen LogP contribution in [0, 0.1) is 0 Å². The van der Waals surface area contributed by atoms with Gasteiger partial charge in [0.25, 0.3) is 0 Å². The molecule has 1 rings (SSSR count). The van der Waals surface area contributed by atoms with Gasteiger partial charge in [-0.05, 0) is 43.5 Å². The molecule has 0 radical (unpaired) electrons. The van der Waals surface area contributed by atoms with Crippen LogP contribution in [0.15, 0.2) is 15.0 Å². The lowest BCUT2D eigenvalue weighted by atomic mass is 10.0. The fourth-order valence-corrected chi connectivity index (χ4v) is 2.37. The predicted octanol–water partition coefficient (Wildman–Crippen LogP) is 3.27. The zero-order valence-electron chi connectivity index (χ0n) is 9.91. The summed E-state index contributed by atoms with van der Waals surface area (Å²) in [7, 11) is 1.24. The average molecular weight is 445 g/mol. The third kappa shape index (κ3) is 3.91. The van der Waals surface area contributed by atoms with Gasteiger partial charge in [-0.15, -0.1) is 12.4 Å². The summed E-state index contributed by atoms with van der Waals surface area (Å²) in [5.41, 5.74) is 5.36. The molecule has 1 aromatic rings. The number of phenols is 1. The van der Waals surface area contributed by atoms with E-state index in [0.29, 0.717) is 0 Å². The maximum Gasteiger partial charge on any atom is 0.416 e. The molecule has 4 nitrogen and oxygen atoms in total. The number of hydrogen-bond donors (Lipinski definition) is 3. The van der Waals surface area contributed by atoms with Gasteiger partial charge in [0.15, 0.2) is 17.6 Å². The van der Waals surface area contributed by atoms with Gasteiger partial charge in [-0.25, -0.2) is 0 Å². The van der Waals surface area contributed by atoms with Crippen LogP contribution >= 0.6 is 44.3 Å². The number of aromatic hydroxyl groups is 1. The smallest absolute Gasteiger partial charge is 0.416 e. The summed E-state index contributed by atoms with van der Waals surface area (Å²) in [6, 6.07) is -0.593. The molecular formula is C10H11Br2ClF3NO3. The van der Waals surface area contributed by atoms with E-state index >= 15 is 0 Å². The number of nitrogens with two attached hydrogens (primary N) is 1. The second-order valence-corrected chi connectivity index (χ2v) is 5.24. The summed E-state index contributed by atoms with van der Waals surface area (Å²) in [4.78, 5) is 0. The van der Waals surface area contributed by atoms with Crippen molar-refractivity contribution in [3.8, 4) is 11.5 Å². The largest absolute Gasteiger partial charge is 0.503 e. The van der Waals surface area contributed by atoms with Crippen molar-refractivity contribution in [1.82, 2.24) is 0 Å². The van der Waals surface area contributed by atoms with Crippen LogP contribution in [0.2, 0.25) is 0 Å². The molecule has 1 aromatic carbocycles. The minimum atomic E-state index is -4.85. The van der Waals surface area contributed by atoms with Crippen LogP contribution in [0.4, 0.5) is 13.2 Å². The number of aliphatic hydroxyl groups excluding tert-OH is 1. The molecule has 2 atom stereocenters. The first-order valence-corrected chi connectivity index (χ1v) is 6.45. The molecular weight excluding hydrogens is 434 g/mol. The van der Waals surface area contributed by atoms with Gasteiger partial charge in [0.2, 0.25) is 0 Å². The molecule has 0 heterocycles. The van der Waals surface area contributed by atoms with E-state index in [1.165, 1.54) is 7.11 Å². The first-order chi connectivity index (χ1) is 8.61. The van der Waals surface area contributed by atoms with Gasteiger partial charge >= 0.3 is 6.18 Å². The van der Waals surface area contributed by atoms with Gasteiger partial charge in [0, 0.05) is 4.47 Å². The Labute approximate surface area is 135 Å². The summed E-state index contributed by atoms with van der Waals surface area (Å²) >= 11 is 6.00. The van der Waals surface area contributed by atoms with Crippen LogP contribution < -0.4 is 10.5 Å². The standard InChI is InChI=1S/C10H10Br2F3NO3.ClH/c1-19-4-2-3(5(11)6(12)8(4)17)7(16)9(18)10(13,14)15;/h2,7,9,17-18H,16H2,1H3;1H/t7-,9-;/m1./s1. The van der Waals surface area contributed by atoms with Crippen molar-refractivity contribution >= 4 is 44.3 Å². The number of benzene rings is 1. The molecule has 0 aliphatic rings. The number of phenolic OH excluding ortho intramolecular Hbond substituents is 1. The minimum absolute atomic E-state index is 0. The maximum atomic E-state index is 12.4. The van der Waals surface area contributed by atoms with Crippen molar-refractivity contribution < 1.29 is 28.1 Å². The first kappa shape index (κ1) is 19.8. The molecule has 0 saturated heterocycles. The lowest BCUT2D eigenvalue weighted by Gasteiger charge is -2.23. The van der Waals surface area contributed by atoms with Gasteiger partial charge in [-0.1, -0.05) is 0 Å². The van der Waals surface area contributed by atoms with Crippen molar-refractivity contribution in [3.05, 3.63) is 20.6 Å². The fraction of sp³-hybridized carbons (Fsp3) is 0.400. The average Bonchev–Trinajstić information content (AvgIpc) is 2.33. The number of methoxy groups -OCH3 is 1. The van der Waals surface area contributed by atoms with Gasteiger partial charge in [-0.3, -0.25) is 0 Å². The Balaban J connectivity index is 0.00000361. The molecule has 0 spiro atoms. The second kappa shape index (κ2) is 7.17. The van der Waals surface area contributed by atoms with Crippen LogP contribution in [0.5, 0.6) is 11.5 Å². The Morgan fingerprint density at radius 1 is 1.30 bits per heavy atom. The van der Waals surface area contributed by atoms with Crippen LogP contribution in [-0.4, -0.2) is 29.6 Å². The molecule has 0 amide bonds. The summed E-state index contributed by atoms with van der Waals surface area (Å²) in [6.07, 6.45) is -7.58. The second-order valence-electron chi connectivity index (χ2n) is 3.66. The highest BCUT2D eigenvalue weighted by Gasteiger charge is 2.43. The van der Waals surface area contributed by atoms with Crippen LogP contribution in [0.1, 0.15) is 11.6 Å². The first-order valence-electron chi connectivity index (χ1n) is 4.86. The Hall–Kier alpha value is -0.220. The summed E-state index contributed by atoms with van der Waals surface area (Å²) in [5.74, 6) is -0.346. The zero-order chi connectivity index (χ0) is 15.0. The Morgan fingerprint density at radius 3 is 2.20 bits per heavy atom. The highest BCUT2D eigenvalue weighted by atomic mass is 79.9. The number of rotatable bonds is 3. The Morgan fingerprint density at radius 2 is 1.80 bits per heavy atom. The lowest BCUT2D eigenvalue weighted by Crippen LogP contribution is -2.39. The molecule has 4 N–H and O–H groups in total. The van der Waals surface area contributed by atoms with Gasteiger partial charge in [0.05, 0.1) is 17.6 Å². The SMILES string of the molecule is COc1cc([C@@H](N)[C@@H](O)C(F)(F)F)c(Br)c(Br)c1O.Cl. The number of hydrogen-bond acceptors (Lipinski definition) is 4. The third-order valence-electron chi connectivity index (χ3n) is 2.43. The molecule has 20 heavy (non-hydrogen) atoms. The van der Waals surface area contributed by atoms with Crippen LogP contribution in [-0.2, 0) is 0 Å². The quantitative estimate of drug-likeness (QED) is 0.668. The van der Waals surface area contributed by atoms with Crippen LogP contribution in [0.3, 0.4) is 0 Å². The highest BCUT2D eigenvalue weighted by Crippen LogP contribution is 2.44. The molecule has 116 valence electrons. The van der Waals surface area contributed by atoms with Gasteiger partial charge in [-0.2, -0.15) is 13.2 Å². The van der Waals surface area contributed by atoms with E-state index < -0.39 is 18.3 Å². The molecule has 0 aliphatic heterocycles. The van der Waals surface area contributed by atoms with Crippen molar-refractivity contribution in [2.75, 3.05) is 7.11 Å². The predicted molar refractivity (Wildman–Crippen MR) is 76.3 cm³/mol. The van der Waals surface area contributed by atoms with E-state index in [2.05, 4.69) is 31.9 Å². The van der Waals surface area contributed by atoms with Crippen LogP contribution in [0.25, 0.3) is 0 Å². The zero-order valence-corrected chi connectivity index (χ0v) is 13.9. The topological polar surface area (TPSA) is 75.7 Å². The summed E-state index contributed by atoms with van der Waals surface area (Å²) in [6.45, 7) is 0. The molecule has 0 fully saturated rings. The van der Waals surface area contributed by atoms with Crippen molar-refractivity contribution in [2.24, 2.45) is 5.73 Å². The number of aliphatic hydroxyl groups is 1. The molecule has 0 aromatic heterocycles. The van der Waals surface area contributed by atoms with E-state index in [4.69, 9.17) is 15.6 Å². The number of alkyl halides is 3. The van der Waals surface area contributed by atoms with E-state index in [1.54, 1.807) is 0 Å². The van der Waals surface area contributed by atoms with Crippen molar-refractivity contribution in [1.29, 1.82) is 0 Å². The number of ether oxygens (including phenoxy) is 1. The molecule has 0 saturated carbocycles. The Bertz CT molecular complexity index is 488. The summed E-state index contributed by atoms with van der Waals surface area (Å²) < 4.78 is 42.3. The monoisotopic (exact) mass is 443 g/mol. The third-order valence-corrected chi connectivity index (χ3v) is 4.59.